The van der Waals surface area contributed by atoms with Gasteiger partial charge in [0.25, 0.3) is 0 Å². The first-order valence-corrected chi connectivity index (χ1v) is 7.71. The molecule has 4 heteroatoms. The zero-order valence-electron chi connectivity index (χ0n) is 13.0. The lowest BCUT2D eigenvalue weighted by atomic mass is 9.95. The standard InChI is InChI=1S/C17H25N3O/c1-14(16-6-4-3-5-7-16)19-17(21)13-20(2)12-15-8-10-18-11-9-15/h6,8-11,14H,3-5,7,12-13H2,1-2H3,(H,19,21)/t14-/m1/s1. The number of allylic oxidation sites excluding steroid dienone is 1. The highest BCUT2D eigenvalue weighted by molar-refractivity contribution is 5.78. The average molecular weight is 287 g/mol. The third-order valence-electron chi connectivity index (χ3n) is 3.88. The Morgan fingerprint density at radius 1 is 1.38 bits per heavy atom. The Bertz CT molecular complexity index is 484. The van der Waals surface area contributed by atoms with Gasteiger partial charge in [0.15, 0.2) is 0 Å². The third kappa shape index (κ3) is 5.31. The highest BCUT2D eigenvalue weighted by Crippen LogP contribution is 2.19. The van der Waals surface area contributed by atoms with E-state index in [1.165, 1.54) is 24.0 Å². The zero-order valence-corrected chi connectivity index (χ0v) is 13.0. The minimum atomic E-state index is 0.0885. The van der Waals surface area contributed by atoms with E-state index in [0.29, 0.717) is 6.54 Å². The van der Waals surface area contributed by atoms with Crippen molar-refractivity contribution in [3.63, 3.8) is 0 Å². The molecule has 0 fully saturated rings. The van der Waals surface area contributed by atoms with Crippen LogP contribution >= 0.6 is 0 Å². The number of hydrogen-bond acceptors (Lipinski definition) is 3. The van der Waals surface area contributed by atoms with Crippen molar-refractivity contribution in [1.82, 2.24) is 15.2 Å². The summed E-state index contributed by atoms with van der Waals surface area (Å²) in [6, 6.07) is 4.11. The van der Waals surface area contributed by atoms with Crippen LogP contribution in [0.5, 0.6) is 0 Å². The summed E-state index contributed by atoms with van der Waals surface area (Å²) in [6.45, 7) is 3.25. The lowest BCUT2D eigenvalue weighted by Gasteiger charge is -2.22. The van der Waals surface area contributed by atoms with Gasteiger partial charge in [0, 0.05) is 25.0 Å². The van der Waals surface area contributed by atoms with Crippen molar-refractivity contribution >= 4 is 5.91 Å². The number of amides is 1. The summed E-state index contributed by atoms with van der Waals surface area (Å²) in [7, 11) is 1.96. The number of carbonyl (C=O) groups is 1. The topological polar surface area (TPSA) is 45.2 Å². The molecule has 114 valence electrons. The van der Waals surface area contributed by atoms with Gasteiger partial charge in [-0.3, -0.25) is 14.7 Å². The Balaban J connectivity index is 1.77. The van der Waals surface area contributed by atoms with Gasteiger partial charge in [0.2, 0.25) is 5.91 Å². The van der Waals surface area contributed by atoms with Gasteiger partial charge >= 0.3 is 0 Å². The highest BCUT2D eigenvalue weighted by Gasteiger charge is 2.15. The second-order valence-corrected chi connectivity index (χ2v) is 5.84. The van der Waals surface area contributed by atoms with Crippen molar-refractivity contribution in [2.24, 2.45) is 0 Å². The molecule has 0 unspecified atom stereocenters. The SMILES string of the molecule is C[C@@H](NC(=O)CN(C)Cc1ccncc1)C1=CCCCC1. The van der Waals surface area contributed by atoms with Gasteiger partial charge < -0.3 is 5.32 Å². The average Bonchev–Trinajstić information content (AvgIpc) is 2.48. The number of likely N-dealkylation sites (N-methyl/N-ethyl adjacent to an activating group) is 1. The fourth-order valence-corrected chi connectivity index (χ4v) is 2.74. The molecular weight excluding hydrogens is 262 g/mol. The quantitative estimate of drug-likeness (QED) is 0.818. The number of aromatic nitrogens is 1. The Hall–Kier alpha value is -1.68. The van der Waals surface area contributed by atoms with Crippen molar-refractivity contribution in [1.29, 1.82) is 0 Å². The van der Waals surface area contributed by atoms with E-state index in [-0.39, 0.29) is 11.9 Å². The van der Waals surface area contributed by atoms with Gasteiger partial charge in [-0.1, -0.05) is 11.6 Å². The van der Waals surface area contributed by atoms with E-state index < -0.39 is 0 Å². The molecule has 21 heavy (non-hydrogen) atoms. The van der Waals surface area contributed by atoms with Crippen molar-refractivity contribution in [2.45, 2.75) is 45.2 Å². The van der Waals surface area contributed by atoms with Crippen molar-refractivity contribution < 1.29 is 4.79 Å². The first-order chi connectivity index (χ1) is 10.1. The highest BCUT2D eigenvalue weighted by atomic mass is 16.2. The molecule has 1 atom stereocenters. The molecule has 0 saturated carbocycles. The summed E-state index contributed by atoms with van der Waals surface area (Å²) in [5, 5.41) is 3.11. The maximum atomic E-state index is 12.1. The number of pyridine rings is 1. The number of nitrogens with one attached hydrogen (secondary N) is 1. The van der Waals surface area contributed by atoms with Crippen LogP contribution in [0.3, 0.4) is 0 Å². The van der Waals surface area contributed by atoms with Crippen LogP contribution in [0.2, 0.25) is 0 Å². The monoisotopic (exact) mass is 287 g/mol. The molecule has 0 aliphatic heterocycles. The van der Waals surface area contributed by atoms with Gasteiger partial charge in [-0.05, 0) is 57.4 Å². The van der Waals surface area contributed by atoms with E-state index >= 15 is 0 Å². The van der Waals surface area contributed by atoms with E-state index in [2.05, 4.69) is 23.3 Å². The molecule has 0 saturated heterocycles. The minimum Gasteiger partial charge on any atom is -0.349 e. The fraction of sp³-hybridized carbons (Fsp3) is 0.529. The number of hydrogen-bond donors (Lipinski definition) is 1. The molecular formula is C17H25N3O. The second kappa shape index (κ2) is 7.93. The van der Waals surface area contributed by atoms with Crippen LogP contribution in [0.15, 0.2) is 36.2 Å². The number of rotatable bonds is 6. The van der Waals surface area contributed by atoms with Crippen LogP contribution in [0.1, 0.15) is 38.2 Å². The van der Waals surface area contributed by atoms with Crippen LogP contribution in [0, 0.1) is 0 Å². The summed E-state index contributed by atoms with van der Waals surface area (Å²) < 4.78 is 0. The molecule has 0 aromatic carbocycles. The smallest absolute Gasteiger partial charge is 0.234 e. The van der Waals surface area contributed by atoms with Crippen molar-refractivity contribution in [3.05, 3.63) is 41.7 Å². The van der Waals surface area contributed by atoms with Crippen LogP contribution in [0.25, 0.3) is 0 Å². The van der Waals surface area contributed by atoms with Gasteiger partial charge in [0.05, 0.1) is 6.54 Å². The van der Waals surface area contributed by atoms with Crippen LogP contribution in [-0.4, -0.2) is 35.4 Å². The van der Waals surface area contributed by atoms with Crippen LogP contribution in [0.4, 0.5) is 0 Å². The number of nitrogens with zero attached hydrogens (tertiary/aromatic N) is 2. The summed E-state index contributed by atoms with van der Waals surface area (Å²) in [5.41, 5.74) is 2.55. The van der Waals surface area contributed by atoms with E-state index in [1.807, 2.05) is 24.1 Å². The Morgan fingerprint density at radius 3 is 2.81 bits per heavy atom. The van der Waals surface area contributed by atoms with E-state index in [1.54, 1.807) is 12.4 Å². The molecule has 1 aromatic rings. The predicted octanol–water partition coefficient (Wildman–Crippen LogP) is 2.52. The van der Waals surface area contributed by atoms with Gasteiger partial charge in [0.1, 0.15) is 0 Å². The minimum absolute atomic E-state index is 0.0885. The molecule has 0 bridgehead atoms. The van der Waals surface area contributed by atoms with E-state index in [0.717, 1.165) is 19.4 Å². The maximum absolute atomic E-state index is 12.1. The molecule has 1 aliphatic rings. The molecule has 0 radical (unpaired) electrons. The molecule has 1 aromatic heterocycles. The molecule has 4 nitrogen and oxygen atoms in total. The van der Waals surface area contributed by atoms with E-state index in [9.17, 15) is 4.79 Å². The summed E-state index contributed by atoms with van der Waals surface area (Å²) in [4.78, 5) is 18.1. The molecule has 1 N–H and O–H groups in total. The van der Waals surface area contributed by atoms with Gasteiger partial charge in [-0.15, -0.1) is 0 Å². The normalized spacial score (nSPS) is 16.4. The summed E-state index contributed by atoms with van der Waals surface area (Å²) >= 11 is 0. The Labute approximate surface area is 127 Å². The zero-order chi connectivity index (χ0) is 15.1. The van der Waals surface area contributed by atoms with Crippen molar-refractivity contribution in [2.75, 3.05) is 13.6 Å². The summed E-state index contributed by atoms with van der Waals surface area (Å²) in [6.07, 6.45) is 10.6. The Morgan fingerprint density at radius 2 is 2.14 bits per heavy atom. The third-order valence-corrected chi connectivity index (χ3v) is 3.88. The first-order valence-electron chi connectivity index (χ1n) is 7.71. The lowest BCUT2D eigenvalue weighted by molar-refractivity contribution is -0.122. The molecule has 2 rings (SSSR count). The molecule has 1 aliphatic carbocycles. The van der Waals surface area contributed by atoms with Gasteiger partial charge in [-0.25, -0.2) is 0 Å². The summed E-state index contributed by atoms with van der Waals surface area (Å²) in [5.74, 6) is 0.0885. The molecule has 1 heterocycles. The second-order valence-electron chi connectivity index (χ2n) is 5.84. The Kier molecular flexibility index (Phi) is 5.93. The van der Waals surface area contributed by atoms with Gasteiger partial charge in [-0.2, -0.15) is 0 Å². The molecule has 0 spiro atoms. The first kappa shape index (κ1) is 15.7. The van der Waals surface area contributed by atoms with Crippen molar-refractivity contribution in [3.8, 4) is 0 Å². The molecule has 1 amide bonds. The van der Waals surface area contributed by atoms with E-state index in [4.69, 9.17) is 0 Å². The largest absolute Gasteiger partial charge is 0.349 e. The maximum Gasteiger partial charge on any atom is 0.234 e. The predicted molar refractivity (Wildman–Crippen MR) is 84.7 cm³/mol. The van der Waals surface area contributed by atoms with Crippen LogP contribution in [-0.2, 0) is 11.3 Å². The van der Waals surface area contributed by atoms with Crippen LogP contribution < -0.4 is 5.32 Å². The fourth-order valence-electron chi connectivity index (χ4n) is 2.74. The lowest BCUT2D eigenvalue weighted by Crippen LogP contribution is -2.40. The number of carbonyl (C=O) groups excluding carboxylic acids is 1.